The number of aromatic nitrogens is 3. The first-order valence-corrected chi connectivity index (χ1v) is 7.88. The summed E-state index contributed by atoms with van der Waals surface area (Å²) in [6, 6.07) is 5.35. The fourth-order valence-electron chi connectivity index (χ4n) is 2.12. The van der Waals surface area contributed by atoms with E-state index in [0.717, 1.165) is 11.3 Å². The molecule has 0 saturated carbocycles. The van der Waals surface area contributed by atoms with Gasteiger partial charge in [0, 0.05) is 23.5 Å². The summed E-state index contributed by atoms with van der Waals surface area (Å²) in [6.07, 6.45) is 3.90. The molecule has 0 fully saturated rings. The molecule has 0 spiro atoms. The Kier molecular flexibility index (Phi) is 4.38. The second-order valence-electron chi connectivity index (χ2n) is 4.82. The Labute approximate surface area is 131 Å². The highest BCUT2D eigenvalue weighted by molar-refractivity contribution is 8.00. The van der Waals surface area contributed by atoms with Crippen LogP contribution in [0.4, 0.5) is 5.69 Å². The van der Waals surface area contributed by atoms with Gasteiger partial charge in [-0.05, 0) is 24.6 Å². The second-order valence-corrected chi connectivity index (χ2v) is 5.83. The maximum Gasteiger partial charge on any atom is 0.251 e. The predicted octanol–water partition coefficient (Wildman–Crippen LogP) is 1.14. The van der Waals surface area contributed by atoms with Crippen molar-refractivity contribution in [3.8, 4) is 0 Å². The number of carbonyl (C=O) groups is 2. The zero-order valence-electron chi connectivity index (χ0n) is 11.8. The predicted molar refractivity (Wildman–Crippen MR) is 82.8 cm³/mol. The largest absolute Gasteiger partial charge is 0.352 e. The summed E-state index contributed by atoms with van der Waals surface area (Å²) in [6.45, 7) is 1.26. The number of aryl methyl sites for hydroxylation is 1. The highest BCUT2D eigenvalue weighted by atomic mass is 32.2. The number of nitrogens with one attached hydrogen (secondary N) is 2. The van der Waals surface area contributed by atoms with E-state index in [1.807, 2.05) is 6.07 Å². The molecule has 114 valence electrons. The fourth-order valence-corrected chi connectivity index (χ4v) is 2.91. The van der Waals surface area contributed by atoms with Gasteiger partial charge in [-0.15, -0.1) is 11.8 Å². The monoisotopic (exact) mass is 317 g/mol. The van der Waals surface area contributed by atoms with Gasteiger partial charge >= 0.3 is 0 Å². The minimum atomic E-state index is -0.147. The molecule has 8 heteroatoms. The van der Waals surface area contributed by atoms with Crippen molar-refractivity contribution < 1.29 is 9.59 Å². The van der Waals surface area contributed by atoms with Gasteiger partial charge < -0.3 is 10.6 Å². The molecule has 1 aliphatic heterocycles. The van der Waals surface area contributed by atoms with Crippen molar-refractivity contribution in [1.82, 2.24) is 20.1 Å². The highest BCUT2D eigenvalue weighted by Crippen LogP contribution is 2.31. The lowest BCUT2D eigenvalue weighted by atomic mass is 10.2. The number of carbonyl (C=O) groups excluding carboxylic acids is 2. The van der Waals surface area contributed by atoms with E-state index < -0.39 is 0 Å². The molecule has 22 heavy (non-hydrogen) atoms. The Bertz CT molecular complexity index is 687. The molecule has 2 heterocycles. The maximum atomic E-state index is 12.1. The van der Waals surface area contributed by atoms with E-state index in [-0.39, 0.29) is 11.8 Å². The van der Waals surface area contributed by atoms with Crippen LogP contribution in [0.15, 0.2) is 35.7 Å². The van der Waals surface area contributed by atoms with Crippen LogP contribution < -0.4 is 10.6 Å². The smallest absolute Gasteiger partial charge is 0.251 e. The van der Waals surface area contributed by atoms with E-state index in [0.29, 0.717) is 30.1 Å². The zero-order valence-corrected chi connectivity index (χ0v) is 12.6. The Morgan fingerprint density at radius 3 is 3.18 bits per heavy atom. The van der Waals surface area contributed by atoms with Gasteiger partial charge in [0.15, 0.2) is 0 Å². The van der Waals surface area contributed by atoms with Gasteiger partial charge in [0.2, 0.25) is 5.91 Å². The van der Waals surface area contributed by atoms with Crippen LogP contribution in [0.25, 0.3) is 0 Å². The summed E-state index contributed by atoms with van der Waals surface area (Å²) in [5, 5.41) is 9.64. The molecule has 1 aromatic heterocycles. The summed E-state index contributed by atoms with van der Waals surface area (Å²) in [7, 11) is 0. The standard InChI is InChI=1S/C14H15N5O2S/c20-13-7-22-12-3-2-10(6-11(12)18-13)14(21)16-4-1-5-19-9-15-8-17-19/h2-3,6,8-9H,1,4-5,7H2,(H,16,21)(H,18,20). The Hall–Kier alpha value is -2.35. The average molecular weight is 317 g/mol. The third-order valence-corrected chi connectivity index (χ3v) is 4.26. The van der Waals surface area contributed by atoms with E-state index in [9.17, 15) is 9.59 Å². The van der Waals surface area contributed by atoms with E-state index in [4.69, 9.17) is 0 Å². The summed E-state index contributed by atoms with van der Waals surface area (Å²) < 4.78 is 1.72. The minimum Gasteiger partial charge on any atom is -0.352 e. The second kappa shape index (κ2) is 6.61. The first kappa shape index (κ1) is 14.6. The summed E-state index contributed by atoms with van der Waals surface area (Å²) in [5.41, 5.74) is 1.25. The van der Waals surface area contributed by atoms with Crippen molar-refractivity contribution in [1.29, 1.82) is 0 Å². The van der Waals surface area contributed by atoms with Crippen LogP contribution in [-0.4, -0.2) is 38.9 Å². The number of hydrogen-bond donors (Lipinski definition) is 2. The van der Waals surface area contributed by atoms with Crippen LogP contribution in [0.2, 0.25) is 0 Å². The zero-order chi connectivity index (χ0) is 15.4. The molecule has 0 bridgehead atoms. The first-order chi connectivity index (χ1) is 10.7. The number of rotatable bonds is 5. The average Bonchev–Trinajstić information content (AvgIpc) is 3.04. The topological polar surface area (TPSA) is 88.9 Å². The number of fused-ring (bicyclic) bond motifs is 1. The lowest BCUT2D eigenvalue weighted by molar-refractivity contribution is -0.113. The molecule has 3 rings (SSSR count). The molecule has 0 aliphatic carbocycles. The molecule has 0 saturated heterocycles. The number of benzene rings is 1. The third kappa shape index (κ3) is 3.45. The van der Waals surface area contributed by atoms with Crippen LogP contribution >= 0.6 is 11.8 Å². The molecule has 1 aromatic carbocycles. The SMILES string of the molecule is O=C1CSc2ccc(C(=O)NCCCn3cncn3)cc2N1. The lowest BCUT2D eigenvalue weighted by Gasteiger charge is -2.16. The van der Waals surface area contributed by atoms with Crippen molar-refractivity contribution in [2.75, 3.05) is 17.6 Å². The van der Waals surface area contributed by atoms with E-state index in [2.05, 4.69) is 20.7 Å². The Morgan fingerprint density at radius 2 is 2.36 bits per heavy atom. The summed E-state index contributed by atoms with van der Waals surface area (Å²) in [5.74, 6) is 0.231. The van der Waals surface area contributed by atoms with E-state index in [1.165, 1.54) is 18.1 Å². The summed E-state index contributed by atoms with van der Waals surface area (Å²) in [4.78, 5) is 28.3. The Balaban J connectivity index is 1.53. The number of thioether (sulfide) groups is 1. The lowest BCUT2D eigenvalue weighted by Crippen LogP contribution is -2.26. The van der Waals surface area contributed by atoms with Crippen molar-refractivity contribution >= 4 is 29.3 Å². The molecule has 0 radical (unpaired) electrons. The van der Waals surface area contributed by atoms with Gasteiger partial charge in [-0.3, -0.25) is 14.3 Å². The normalized spacial score (nSPS) is 13.4. The van der Waals surface area contributed by atoms with Gasteiger partial charge in [0.1, 0.15) is 12.7 Å². The summed E-state index contributed by atoms with van der Waals surface area (Å²) >= 11 is 1.48. The molecule has 1 aliphatic rings. The van der Waals surface area contributed by atoms with Crippen LogP contribution in [0, 0.1) is 0 Å². The molecule has 2 amide bonds. The van der Waals surface area contributed by atoms with E-state index in [1.54, 1.807) is 23.1 Å². The molecule has 2 N–H and O–H groups in total. The number of anilines is 1. The fraction of sp³-hybridized carbons (Fsp3) is 0.286. The third-order valence-electron chi connectivity index (χ3n) is 3.19. The van der Waals surface area contributed by atoms with Gasteiger partial charge in [0.25, 0.3) is 5.91 Å². The maximum absolute atomic E-state index is 12.1. The number of hydrogen-bond acceptors (Lipinski definition) is 5. The van der Waals surface area contributed by atoms with Crippen LogP contribution in [0.1, 0.15) is 16.8 Å². The highest BCUT2D eigenvalue weighted by Gasteiger charge is 2.17. The molecule has 0 unspecified atom stereocenters. The van der Waals surface area contributed by atoms with Crippen molar-refractivity contribution in [2.45, 2.75) is 17.9 Å². The van der Waals surface area contributed by atoms with Gasteiger partial charge in [0.05, 0.1) is 11.4 Å². The van der Waals surface area contributed by atoms with Crippen LogP contribution in [-0.2, 0) is 11.3 Å². The number of amides is 2. The molecule has 0 atom stereocenters. The Morgan fingerprint density at radius 1 is 1.45 bits per heavy atom. The van der Waals surface area contributed by atoms with Gasteiger partial charge in [-0.2, -0.15) is 5.10 Å². The van der Waals surface area contributed by atoms with Crippen molar-refractivity contribution in [3.05, 3.63) is 36.4 Å². The van der Waals surface area contributed by atoms with E-state index >= 15 is 0 Å². The molecular weight excluding hydrogens is 302 g/mol. The molecule has 2 aromatic rings. The van der Waals surface area contributed by atoms with Crippen LogP contribution in [0.5, 0.6) is 0 Å². The van der Waals surface area contributed by atoms with Gasteiger partial charge in [-0.25, -0.2) is 4.98 Å². The molecule has 7 nitrogen and oxygen atoms in total. The first-order valence-electron chi connectivity index (χ1n) is 6.90. The number of nitrogens with zero attached hydrogens (tertiary/aromatic N) is 3. The minimum absolute atomic E-state index is 0.0390. The quantitative estimate of drug-likeness (QED) is 0.807. The van der Waals surface area contributed by atoms with Gasteiger partial charge in [-0.1, -0.05) is 0 Å². The molecular formula is C14H15N5O2S. The van der Waals surface area contributed by atoms with Crippen LogP contribution in [0.3, 0.4) is 0 Å². The van der Waals surface area contributed by atoms with Crippen molar-refractivity contribution in [3.63, 3.8) is 0 Å². The van der Waals surface area contributed by atoms with Crippen molar-refractivity contribution in [2.24, 2.45) is 0 Å².